The summed E-state index contributed by atoms with van der Waals surface area (Å²) >= 11 is 0. The lowest BCUT2D eigenvalue weighted by atomic mass is 10.1. The molecule has 0 saturated carbocycles. The molecule has 1 N–H and O–H groups in total. The summed E-state index contributed by atoms with van der Waals surface area (Å²) in [7, 11) is 0. The van der Waals surface area contributed by atoms with E-state index in [1.807, 2.05) is 30.3 Å². The predicted molar refractivity (Wildman–Crippen MR) is 115 cm³/mol. The largest absolute Gasteiger partial charge is 0.482 e. The molecule has 33 heavy (non-hydrogen) atoms. The molecule has 0 spiro atoms. The minimum atomic E-state index is -0.896. The summed E-state index contributed by atoms with van der Waals surface area (Å²) in [5.74, 6) is -1.34. The van der Waals surface area contributed by atoms with Crippen LogP contribution in [0.4, 0.5) is 10.5 Å². The van der Waals surface area contributed by atoms with Crippen molar-refractivity contribution in [3.05, 3.63) is 99.5 Å². The monoisotopic (exact) mass is 447 g/mol. The summed E-state index contributed by atoms with van der Waals surface area (Å²) in [6.45, 7) is -0.0401. The molecule has 2 aromatic carbocycles. The Morgan fingerprint density at radius 3 is 2.55 bits per heavy atom. The standard InChI is InChI=1S/C23H17N3O7/c27-21-18(22(28)25(23(29)24-21)13-17-7-4-10-32-17)11-16-8-9-20(19(12-16)26(30)31)33-14-15-5-2-1-3-6-15/h1-12H,13-14H2,(H,24,27,29)/b18-11+. The van der Waals surface area contributed by atoms with Crippen molar-refractivity contribution in [2.24, 2.45) is 0 Å². The number of furan rings is 1. The number of amides is 4. The molecule has 0 aliphatic carbocycles. The van der Waals surface area contributed by atoms with E-state index in [0.717, 1.165) is 10.5 Å². The molecular formula is C23H17N3O7. The van der Waals surface area contributed by atoms with Crippen molar-refractivity contribution in [1.82, 2.24) is 10.2 Å². The third-order valence-electron chi connectivity index (χ3n) is 4.81. The highest BCUT2D eigenvalue weighted by Crippen LogP contribution is 2.30. The van der Waals surface area contributed by atoms with Gasteiger partial charge >= 0.3 is 11.7 Å². The van der Waals surface area contributed by atoms with Gasteiger partial charge in [0.1, 0.15) is 17.9 Å². The summed E-state index contributed by atoms with van der Waals surface area (Å²) in [6.07, 6.45) is 2.58. The zero-order valence-electron chi connectivity index (χ0n) is 17.1. The number of urea groups is 1. The van der Waals surface area contributed by atoms with Crippen LogP contribution in [0.15, 0.2) is 76.9 Å². The van der Waals surface area contributed by atoms with Gasteiger partial charge in [-0.05, 0) is 35.4 Å². The van der Waals surface area contributed by atoms with E-state index in [1.165, 1.54) is 30.5 Å². The summed E-state index contributed by atoms with van der Waals surface area (Å²) in [6, 6.07) is 15.5. The van der Waals surface area contributed by atoms with Crippen molar-refractivity contribution in [3.8, 4) is 5.75 Å². The van der Waals surface area contributed by atoms with Crippen molar-refractivity contribution >= 4 is 29.6 Å². The Labute approximate surface area is 187 Å². The molecule has 2 heterocycles. The quantitative estimate of drug-likeness (QED) is 0.254. The fraction of sp³-hybridized carbons (Fsp3) is 0.0870. The molecule has 1 aromatic heterocycles. The summed E-state index contributed by atoms with van der Waals surface area (Å²) < 4.78 is 10.7. The first-order valence-electron chi connectivity index (χ1n) is 9.79. The number of imide groups is 2. The van der Waals surface area contributed by atoms with Crippen molar-refractivity contribution in [1.29, 1.82) is 0 Å². The van der Waals surface area contributed by atoms with Gasteiger partial charge in [-0.1, -0.05) is 36.4 Å². The minimum Gasteiger partial charge on any atom is -0.482 e. The average molecular weight is 447 g/mol. The van der Waals surface area contributed by atoms with Crippen LogP contribution in [0.5, 0.6) is 5.75 Å². The predicted octanol–water partition coefficient (Wildman–Crippen LogP) is 3.43. The summed E-state index contributed by atoms with van der Waals surface area (Å²) in [5.41, 5.74) is 0.393. The smallest absolute Gasteiger partial charge is 0.331 e. The topological polar surface area (TPSA) is 132 Å². The lowest BCUT2D eigenvalue weighted by molar-refractivity contribution is -0.386. The number of carbonyl (C=O) groups is 3. The second kappa shape index (κ2) is 9.18. The van der Waals surface area contributed by atoms with Crippen LogP contribution in [-0.2, 0) is 22.7 Å². The van der Waals surface area contributed by atoms with Gasteiger partial charge in [-0.3, -0.25) is 29.9 Å². The zero-order valence-corrected chi connectivity index (χ0v) is 17.1. The molecule has 0 unspecified atom stereocenters. The Bertz CT molecular complexity index is 1250. The van der Waals surface area contributed by atoms with Crippen LogP contribution < -0.4 is 10.1 Å². The molecule has 0 bridgehead atoms. The van der Waals surface area contributed by atoms with Gasteiger partial charge in [-0.25, -0.2) is 4.79 Å². The van der Waals surface area contributed by atoms with Crippen LogP contribution in [0.3, 0.4) is 0 Å². The number of nitro benzene ring substituents is 1. The third-order valence-corrected chi connectivity index (χ3v) is 4.81. The van der Waals surface area contributed by atoms with Crippen molar-refractivity contribution in [3.63, 3.8) is 0 Å². The van der Waals surface area contributed by atoms with Crippen molar-refractivity contribution in [2.45, 2.75) is 13.2 Å². The maximum Gasteiger partial charge on any atom is 0.331 e. The third kappa shape index (κ3) is 4.79. The van der Waals surface area contributed by atoms with Gasteiger partial charge in [-0.15, -0.1) is 0 Å². The SMILES string of the molecule is O=C1NC(=O)N(Cc2ccco2)C(=O)/C1=C/c1ccc(OCc2ccccc2)c([N+](=O)[O-])c1. The second-order valence-corrected chi connectivity index (χ2v) is 7.05. The molecule has 4 amide bonds. The fourth-order valence-electron chi connectivity index (χ4n) is 3.19. The summed E-state index contributed by atoms with van der Waals surface area (Å²) in [4.78, 5) is 49.0. The van der Waals surface area contributed by atoms with E-state index >= 15 is 0 Å². The number of barbiturate groups is 1. The Morgan fingerprint density at radius 2 is 1.85 bits per heavy atom. The molecule has 10 nitrogen and oxygen atoms in total. The van der Waals surface area contributed by atoms with Gasteiger partial charge < -0.3 is 9.15 Å². The molecule has 1 fully saturated rings. The minimum absolute atomic E-state index is 0.0417. The van der Waals surface area contributed by atoms with Crippen LogP contribution in [0, 0.1) is 10.1 Å². The number of nitrogens with one attached hydrogen (secondary N) is 1. The van der Waals surface area contributed by atoms with Gasteiger partial charge in [0.05, 0.1) is 17.7 Å². The number of hydrogen-bond donors (Lipinski definition) is 1. The lowest BCUT2D eigenvalue weighted by Gasteiger charge is -2.25. The Hall–Kier alpha value is -4.73. The maximum atomic E-state index is 12.8. The Balaban J connectivity index is 1.59. The summed E-state index contributed by atoms with van der Waals surface area (Å²) in [5, 5.41) is 13.7. The van der Waals surface area contributed by atoms with Gasteiger partial charge in [0, 0.05) is 6.07 Å². The molecular weight excluding hydrogens is 430 g/mol. The van der Waals surface area contributed by atoms with Gasteiger partial charge in [0.25, 0.3) is 11.8 Å². The Morgan fingerprint density at radius 1 is 1.06 bits per heavy atom. The van der Waals surface area contributed by atoms with Crippen LogP contribution in [0.2, 0.25) is 0 Å². The number of rotatable bonds is 7. The molecule has 1 aliphatic heterocycles. The van der Waals surface area contributed by atoms with E-state index in [0.29, 0.717) is 5.76 Å². The first-order valence-corrected chi connectivity index (χ1v) is 9.79. The number of nitrogens with zero attached hydrogens (tertiary/aromatic N) is 2. The number of benzene rings is 2. The molecule has 10 heteroatoms. The molecule has 166 valence electrons. The Kier molecular flexibility index (Phi) is 5.98. The molecule has 0 atom stereocenters. The molecule has 0 radical (unpaired) electrons. The van der Waals surface area contributed by atoms with E-state index in [2.05, 4.69) is 5.32 Å². The normalized spacial score (nSPS) is 15.0. The van der Waals surface area contributed by atoms with Crippen LogP contribution in [0.25, 0.3) is 6.08 Å². The van der Waals surface area contributed by atoms with Crippen molar-refractivity contribution < 1.29 is 28.5 Å². The van der Waals surface area contributed by atoms with E-state index in [-0.39, 0.29) is 35.7 Å². The molecule has 1 saturated heterocycles. The van der Waals surface area contributed by atoms with E-state index in [1.54, 1.807) is 12.1 Å². The van der Waals surface area contributed by atoms with E-state index < -0.39 is 22.8 Å². The second-order valence-electron chi connectivity index (χ2n) is 7.05. The number of hydrogen-bond acceptors (Lipinski definition) is 7. The molecule has 3 aromatic rings. The van der Waals surface area contributed by atoms with E-state index in [9.17, 15) is 24.5 Å². The highest BCUT2D eigenvalue weighted by atomic mass is 16.6. The van der Waals surface area contributed by atoms with Crippen LogP contribution in [0.1, 0.15) is 16.9 Å². The highest BCUT2D eigenvalue weighted by molar-refractivity contribution is 6.30. The first-order chi connectivity index (χ1) is 15.9. The van der Waals surface area contributed by atoms with Gasteiger partial charge in [0.15, 0.2) is 5.75 Å². The zero-order chi connectivity index (χ0) is 23.4. The average Bonchev–Trinajstić information content (AvgIpc) is 3.32. The van der Waals surface area contributed by atoms with Crippen LogP contribution >= 0.6 is 0 Å². The molecule has 4 rings (SSSR count). The van der Waals surface area contributed by atoms with Gasteiger partial charge in [-0.2, -0.15) is 0 Å². The van der Waals surface area contributed by atoms with E-state index in [4.69, 9.17) is 9.15 Å². The lowest BCUT2D eigenvalue weighted by Crippen LogP contribution is -2.53. The number of carbonyl (C=O) groups excluding carboxylic acids is 3. The first kappa shape index (κ1) is 21.5. The number of nitro groups is 1. The maximum absolute atomic E-state index is 12.8. The molecule has 1 aliphatic rings. The highest BCUT2D eigenvalue weighted by Gasteiger charge is 2.36. The van der Waals surface area contributed by atoms with Gasteiger partial charge in [0.2, 0.25) is 0 Å². The van der Waals surface area contributed by atoms with Crippen LogP contribution in [-0.4, -0.2) is 27.7 Å². The fourth-order valence-corrected chi connectivity index (χ4v) is 3.19. The van der Waals surface area contributed by atoms with Crippen molar-refractivity contribution in [2.75, 3.05) is 0 Å². The number of ether oxygens (including phenoxy) is 1.